The quantitative estimate of drug-likeness (QED) is 0.329. The largest absolute Gasteiger partial charge is 0.315 e. The number of rotatable bonds is 11. The summed E-state index contributed by atoms with van der Waals surface area (Å²) in [6, 6.07) is 24.4. The van der Waals surface area contributed by atoms with Gasteiger partial charge in [-0.1, -0.05) is 24.3 Å². The summed E-state index contributed by atoms with van der Waals surface area (Å²) >= 11 is 0. The Balaban J connectivity index is 1.52. The fourth-order valence-electron chi connectivity index (χ4n) is 4.02. The smallest absolute Gasteiger partial charge is 0.122 e. The first-order valence-electron chi connectivity index (χ1n) is 11.3. The summed E-state index contributed by atoms with van der Waals surface area (Å²) in [5.74, 6) is 0. The molecule has 0 bridgehead atoms. The van der Waals surface area contributed by atoms with Gasteiger partial charge in [0.05, 0.1) is 36.4 Å². The molecule has 0 fully saturated rings. The first-order chi connectivity index (χ1) is 16.2. The van der Waals surface area contributed by atoms with Gasteiger partial charge in [-0.3, -0.25) is 24.8 Å². The molecule has 0 unspecified atom stereocenters. The predicted octanol–water partition coefficient (Wildman–Crippen LogP) is 4.12. The Kier molecular flexibility index (Phi) is 7.85. The third-order valence-electron chi connectivity index (χ3n) is 5.72. The minimum atomic E-state index is 0.782. The molecule has 33 heavy (non-hydrogen) atoms. The Morgan fingerprint density at radius 3 is 1.33 bits per heavy atom. The van der Waals surface area contributed by atoms with Crippen molar-refractivity contribution in [1.82, 2.24) is 24.8 Å². The SMILES string of the molecule is C[N+](CCN(Cc1ccccn1)Cc1ccccn1)(Cc1ccccn1)Cc1ccccn1. The third kappa shape index (κ3) is 7.27. The summed E-state index contributed by atoms with van der Waals surface area (Å²) in [5.41, 5.74) is 4.32. The zero-order valence-electron chi connectivity index (χ0n) is 19.2. The molecule has 0 saturated heterocycles. The number of nitrogens with zero attached hydrogens (tertiary/aromatic N) is 6. The van der Waals surface area contributed by atoms with Crippen LogP contribution in [0.4, 0.5) is 0 Å². The van der Waals surface area contributed by atoms with Crippen molar-refractivity contribution in [2.45, 2.75) is 26.2 Å². The van der Waals surface area contributed by atoms with Crippen molar-refractivity contribution < 1.29 is 4.48 Å². The lowest BCUT2D eigenvalue weighted by Gasteiger charge is -2.36. The van der Waals surface area contributed by atoms with E-state index in [0.29, 0.717) is 0 Å². The van der Waals surface area contributed by atoms with Crippen LogP contribution in [0, 0.1) is 0 Å². The van der Waals surface area contributed by atoms with Crippen LogP contribution in [0.3, 0.4) is 0 Å². The maximum Gasteiger partial charge on any atom is 0.122 e. The summed E-state index contributed by atoms with van der Waals surface area (Å²) < 4.78 is 0.814. The van der Waals surface area contributed by atoms with Gasteiger partial charge in [-0.25, -0.2) is 0 Å². The van der Waals surface area contributed by atoms with E-state index in [-0.39, 0.29) is 0 Å². The molecule has 0 aliphatic heterocycles. The maximum atomic E-state index is 4.60. The van der Waals surface area contributed by atoms with Gasteiger partial charge in [0, 0.05) is 44.4 Å². The monoisotopic (exact) mass is 439 g/mol. The number of quaternary nitrogens is 1. The lowest BCUT2D eigenvalue weighted by atomic mass is 10.2. The Hall–Kier alpha value is -3.48. The van der Waals surface area contributed by atoms with E-state index < -0.39 is 0 Å². The number of hydrogen-bond acceptors (Lipinski definition) is 5. The van der Waals surface area contributed by atoms with E-state index >= 15 is 0 Å². The molecule has 4 rings (SSSR count). The van der Waals surface area contributed by atoms with E-state index in [4.69, 9.17) is 0 Å². The van der Waals surface area contributed by atoms with Crippen molar-refractivity contribution in [3.63, 3.8) is 0 Å². The molecular weight excluding hydrogens is 408 g/mol. The summed E-state index contributed by atoms with van der Waals surface area (Å²) in [7, 11) is 2.29. The number of aromatic nitrogens is 4. The zero-order chi connectivity index (χ0) is 22.8. The van der Waals surface area contributed by atoms with Gasteiger partial charge in [0.2, 0.25) is 0 Å². The lowest BCUT2D eigenvalue weighted by Crippen LogP contribution is -2.47. The molecule has 168 valence electrons. The van der Waals surface area contributed by atoms with Gasteiger partial charge in [0.1, 0.15) is 13.1 Å². The van der Waals surface area contributed by atoms with Gasteiger partial charge in [-0.2, -0.15) is 0 Å². The van der Waals surface area contributed by atoms with Crippen molar-refractivity contribution in [1.29, 1.82) is 0 Å². The molecule has 0 spiro atoms. The molecule has 6 heteroatoms. The molecule has 4 aromatic heterocycles. The Labute approximate surface area is 196 Å². The van der Waals surface area contributed by atoms with Crippen molar-refractivity contribution in [3.05, 3.63) is 120 Å². The van der Waals surface area contributed by atoms with E-state index in [1.807, 2.05) is 61.2 Å². The second-order valence-corrected chi connectivity index (χ2v) is 8.65. The van der Waals surface area contributed by atoms with E-state index in [1.165, 1.54) is 0 Å². The Morgan fingerprint density at radius 1 is 0.576 bits per heavy atom. The Bertz CT molecular complexity index is 992. The van der Waals surface area contributed by atoms with Crippen LogP contribution in [-0.4, -0.2) is 49.5 Å². The highest BCUT2D eigenvalue weighted by molar-refractivity contribution is 5.07. The van der Waals surface area contributed by atoms with Gasteiger partial charge in [-0.05, 0) is 48.5 Å². The van der Waals surface area contributed by atoms with Crippen LogP contribution < -0.4 is 0 Å². The van der Waals surface area contributed by atoms with E-state index in [1.54, 1.807) is 0 Å². The maximum absolute atomic E-state index is 4.60. The molecule has 0 atom stereocenters. The number of likely N-dealkylation sites (N-methyl/N-ethyl adjacent to an activating group) is 1. The first kappa shape index (κ1) is 22.7. The molecule has 6 nitrogen and oxygen atoms in total. The van der Waals surface area contributed by atoms with Crippen LogP contribution in [0.2, 0.25) is 0 Å². The molecule has 4 heterocycles. The highest BCUT2D eigenvalue weighted by Gasteiger charge is 2.25. The van der Waals surface area contributed by atoms with Crippen molar-refractivity contribution >= 4 is 0 Å². The first-order valence-corrected chi connectivity index (χ1v) is 11.3. The highest BCUT2D eigenvalue weighted by Crippen LogP contribution is 2.17. The van der Waals surface area contributed by atoms with Gasteiger partial charge < -0.3 is 4.48 Å². The minimum absolute atomic E-state index is 0.782. The molecule has 0 aliphatic rings. The molecule has 0 amide bonds. The zero-order valence-corrected chi connectivity index (χ0v) is 19.2. The molecule has 0 N–H and O–H groups in total. The minimum Gasteiger partial charge on any atom is -0.315 e. The number of pyridine rings is 4. The fourth-order valence-corrected chi connectivity index (χ4v) is 4.02. The van der Waals surface area contributed by atoms with Crippen molar-refractivity contribution in [2.75, 3.05) is 20.1 Å². The van der Waals surface area contributed by atoms with Crippen molar-refractivity contribution in [3.8, 4) is 0 Å². The van der Waals surface area contributed by atoms with Gasteiger partial charge >= 0.3 is 0 Å². The molecule has 4 aromatic rings. The summed E-state index contributed by atoms with van der Waals surface area (Å²) in [4.78, 5) is 20.7. The second-order valence-electron chi connectivity index (χ2n) is 8.65. The molecular formula is C27H31N6+. The second kappa shape index (κ2) is 11.4. The Morgan fingerprint density at radius 2 is 0.970 bits per heavy atom. The molecule has 0 saturated carbocycles. The molecule has 0 aromatic carbocycles. The van der Waals surface area contributed by atoms with Gasteiger partial charge in [0.15, 0.2) is 0 Å². The topological polar surface area (TPSA) is 54.8 Å². The van der Waals surface area contributed by atoms with E-state index in [2.05, 4.69) is 68.3 Å². The normalized spacial score (nSPS) is 11.6. The van der Waals surface area contributed by atoms with Crippen LogP contribution in [0.5, 0.6) is 0 Å². The fraction of sp³-hybridized carbons (Fsp3) is 0.259. The standard InChI is InChI=1S/C27H31N6/c1-33(22-26-12-4-8-16-30-26,23-27-13-5-9-17-31-27)19-18-32(20-24-10-2-6-14-28-24)21-25-11-3-7-15-29-25/h2-17H,18-23H2,1H3/q+1. The van der Waals surface area contributed by atoms with Crippen LogP contribution in [0.1, 0.15) is 22.8 Å². The lowest BCUT2D eigenvalue weighted by molar-refractivity contribution is -0.935. The average molecular weight is 440 g/mol. The van der Waals surface area contributed by atoms with E-state index in [0.717, 1.165) is 66.5 Å². The van der Waals surface area contributed by atoms with Crippen LogP contribution in [0.25, 0.3) is 0 Å². The number of hydrogen-bond donors (Lipinski definition) is 0. The van der Waals surface area contributed by atoms with E-state index in [9.17, 15) is 0 Å². The van der Waals surface area contributed by atoms with Crippen LogP contribution >= 0.6 is 0 Å². The van der Waals surface area contributed by atoms with Crippen LogP contribution in [0.15, 0.2) is 97.6 Å². The molecule has 0 aliphatic carbocycles. The summed E-state index contributed by atoms with van der Waals surface area (Å²) in [6.45, 7) is 5.11. The van der Waals surface area contributed by atoms with Gasteiger partial charge in [0.25, 0.3) is 0 Å². The predicted molar refractivity (Wildman–Crippen MR) is 130 cm³/mol. The third-order valence-corrected chi connectivity index (χ3v) is 5.72. The van der Waals surface area contributed by atoms with Gasteiger partial charge in [-0.15, -0.1) is 0 Å². The summed E-state index contributed by atoms with van der Waals surface area (Å²) in [5, 5.41) is 0. The molecule has 0 radical (unpaired) electrons. The highest BCUT2D eigenvalue weighted by atomic mass is 15.4. The average Bonchev–Trinajstić information content (AvgIpc) is 2.85. The van der Waals surface area contributed by atoms with Crippen LogP contribution in [-0.2, 0) is 26.2 Å². The summed E-state index contributed by atoms with van der Waals surface area (Å²) in [6.07, 6.45) is 7.46. The van der Waals surface area contributed by atoms with Crippen molar-refractivity contribution in [2.24, 2.45) is 0 Å².